The van der Waals surface area contributed by atoms with E-state index in [0.717, 1.165) is 4.88 Å². The molecule has 0 aliphatic rings. The zero-order valence-corrected chi connectivity index (χ0v) is 11.8. The highest BCUT2D eigenvalue weighted by Gasteiger charge is 2.23. The number of carbonyl (C=O) groups is 2. The van der Waals surface area contributed by atoms with Crippen molar-refractivity contribution in [3.8, 4) is 0 Å². The number of carboxylic acids is 1. The van der Waals surface area contributed by atoms with E-state index in [4.69, 9.17) is 16.7 Å². The SMILES string of the molecule is CC(C)[C@@H](NC(=O)CCc1ccc(Cl)s1)C(=O)O. The number of thiophene rings is 1. The number of carboxylic acid groups (broad SMARTS) is 1. The van der Waals surface area contributed by atoms with Crippen molar-refractivity contribution in [2.75, 3.05) is 0 Å². The predicted molar refractivity (Wildman–Crippen MR) is 72.1 cm³/mol. The van der Waals surface area contributed by atoms with Gasteiger partial charge in [0.15, 0.2) is 0 Å². The van der Waals surface area contributed by atoms with Crippen molar-refractivity contribution < 1.29 is 14.7 Å². The summed E-state index contributed by atoms with van der Waals surface area (Å²) in [4.78, 5) is 23.6. The summed E-state index contributed by atoms with van der Waals surface area (Å²) in [6.07, 6.45) is 0.848. The molecule has 1 aromatic heterocycles. The van der Waals surface area contributed by atoms with E-state index in [0.29, 0.717) is 10.8 Å². The van der Waals surface area contributed by atoms with Crippen molar-refractivity contribution in [2.24, 2.45) is 5.92 Å². The quantitative estimate of drug-likeness (QED) is 0.846. The summed E-state index contributed by atoms with van der Waals surface area (Å²) in [6.45, 7) is 3.52. The van der Waals surface area contributed by atoms with Crippen molar-refractivity contribution >= 4 is 34.8 Å². The number of hydrogen-bond donors (Lipinski definition) is 2. The van der Waals surface area contributed by atoms with Crippen LogP contribution in [0.3, 0.4) is 0 Å². The Morgan fingerprint density at radius 2 is 2.11 bits per heavy atom. The first-order valence-corrected chi connectivity index (χ1v) is 6.86. The molecule has 1 aromatic rings. The first-order valence-electron chi connectivity index (χ1n) is 5.66. The maximum atomic E-state index is 11.6. The van der Waals surface area contributed by atoms with Crippen LogP contribution in [-0.2, 0) is 16.0 Å². The molecular weight excluding hydrogens is 274 g/mol. The second-order valence-corrected chi connectivity index (χ2v) is 6.13. The fourth-order valence-electron chi connectivity index (χ4n) is 1.48. The van der Waals surface area contributed by atoms with E-state index in [2.05, 4.69) is 5.32 Å². The van der Waals surface area contributed by atoms with Gasteiger partial charge in [0.25, 0.3) is 0 Å². The molecule has 0 radical (unpaired) electrons. The van der Waals surface area contributed by atoms with E-state index in [-0.39, 0.29) is 18.2 Å². The number of halogens is 1. The monoisotopic (exact) mass is 289 g/mol. The molecule has 100 valence electrons. The molecule has 18 heavy (non-hydrogen) atoms. The lowest BCUT2D eigenvalue weighted by atomic mass is 10.0. The lowest BCUT2D eigenvalue weighted by Gasteiger charge is -2.17. The van der Waals surface area contributed by atoms with Gasteiger partial charge in [-0.1, -0.05) is 25.4 Å². The number of nitrogens with one attached hydrogen (secondary N) is 1. The lowest BCUT2D eigenvalue weighted by Crippen LogP contribution is -2.44. The average Bonchev–Trinajstić information content (AvgIpc) is 2.68. The highest BCUT2D eigenvalue weighted by molar-refractivity contribution is 7.16. The lowest BCUT2D eigenvalue weighted by molar-refractivity contribution is -0.143. The van der Waals surface area contributed by atoms with Crippen LogP contribution in [0.4, 0.5) is 0 Å². The third-order valence-corrected chi connectivity index (χ3v) is 3.77. The molecule has 1 atom stereocenters. The van der Waals surface area contributed by atoms with Crippen LogP contribution >= 0.6 is 22.9 Å². The van der Waals surface area contributed by atoms with E-state index in [9.17, 15) is 9.59 Å². The topological polar surface area (TPSA) is 66.4 Å². The van der Waals surface area contributed by atoms with E-state index < -0.39 is 12.0 Å². The van der Waals surface area contributed by atoms with Gasteiger partial charge in [-0.2, -0.15) is 0 Å². The molecule has 0 aliphatic heterocycles. The normalized spacial score (nSPS) is 12.4. The molecule has 2 N–H and O–H groups in total. The first kappa shape index (κ1) is 15.0. The zero-order valence-electron chi connectivity index (χ0n) is 10.3. The fraction of sp³-hybridized carbons (Fsp3) is 0.500. The first-order chi connectivity index (χ1) is 8.40. The molecule has 1 rings (SSSR count). The third-order valence-electron chi connectivity index (χ3n) is 2.48. The van der Waals surface area contributed by atoms with E-state index in [1.807, 2.05) is 6.07 Å². The Kier molecular flexibility index (Phi) is 5.62. The third kappa shape index (κ3) is 4.66. The van der Waals surface area contributed by atoms with Crippen molar-refractivity contribution in [2.45, 2.75) is 32.7 Å². The number of aryl methyl sites for hydroxylation is 1. The summed E-state index contributed by atoms with van der Waals surface area (Å²) in [5, 5.41) is 11.5. The largest absolute Gasteiger partial charge is 0.480 e. The van der Waals surface area contributed by atoms with Crippen LogP contribution in [0.2, 0.25) is 4.34 Å². The standard InChI is InChI=1S/C12H16ClNO3S/c1-7(2)11(12(16)17)14-10(15)6-4-8-3-5-9(13)18-8/h3,5,7,11H,4,6H2,1-2H3,(H,14,15)(H,16,17)/t11-/m1/s1. The molecule has 0 aromatic carbocycles. The minimum atomic E-state index is -1.00. The Morgan fingerprint density at radius 1 is 1.44 bits per heavy atom. The second-order valence-electron chi connectivity index (χ2n) is 4.33. The van der Waals surface area contributed by atoms with Gasteiger partial charge in [0, 0.05) is 11.3 Å². The van der Waals surface area contributed by atoms with Crippen molar-refractivity contribution in [3.05, 3.63) is 21.3 Å². The van der Waals surface area contributed by atoms with E-state index >= 15 is 0 Å². The van der Waals surface area contributed by atoms with E-state index in [1.165, 1.54) is 11.3 Å². The molecule has 1 heterocycles. The molecule has 0 spiro atoms. The summed E-state index contributed by atoms with van der Waals surface area (Å²) < 4.78 is 0.691. The molecule has 6 heteroatoms. The number of aliphatic carboxylic acids is 1. The van der Waals surface area contributed by atoms with Crippen LogP contribution in [0.1, 0.15) is 25.1 Å². The summed E-state index contributed by atoms with van der Waals surface area (Å²) in [7, 11) is 0. The maximum absolute atomic E-state index is 11.6. The van der Waals surface area contributed by atoms with Gasteiger partial charge >= 0.3 is 5.97 Å². The van der Waals surface area contributed by atoms with Gasteiger partial charge in [-0.3, -0.25) is 4.79 Å². The molecule has 0 fully saturated rings. The number of rotatable bonds is 6. The minimum absolute atomic E-state index is 0.136. The van der Waals surface area contributed by atoms with Crippen LogP contribution < -0.4 is 5.32 Å². The highest BCUT2D eigenvalue weighted by Crippen LogP contribution is 2.22. The number of amides is 1. The van der Waals surface area contributed by atoms with Gasteiger partial charge in [0.2, 0.25) is 5.91 Å². The molecular formula is C12H16ClNO3S. The molecule has 0 saturated carbocycles. The van der Waals surface area contributed by atoms with Gasteiger partial charge in [-0.05, 0) is 24.5 Å². The smallest absolute Gasteiger partial charge is 0.326 e. The van der Waals surface area contributed by atoms with Gasteiger partial charge in [0.1, 0.15) is 6.04 Å². The molecule has 0 bridgehead atoms. The van der Waals surface area contributed by atoms with Crippen molar-refractivity contribution in [1.82, 2.24) is 5.32 Å². The van der Waals surface area contributed by atoms with Crippen molar-refractivity contribution in [1.29, 1.82) is 0 Å². The molecule has 4 nitrogen and oxygen atoms in total. The van der Waals surface area contributed by atoms with Crippen LogP contribution in [0.25, 0.3) is 0 Å². The average molecular weight is 290 g/mol. The Balaban J connectivity index is 2.43. The van der Waals surface area contributed by atoms with Crippen LogP contribution in [0.5, 0.6) is 0 Å². The Labute approximate surface area is 115 Å². The summed E-state index contributed by atoms with van der Waals surface area (Å²) in [6, 6.07) is 2.83. The second kappa shape index (κ2) is 6.75. The zero-order chi connectivity index (χ0) is 13.7. The molecule has 0 aliphatic carbocycles. The van der Waals surface area contributed by atoms with Gasteiger partial charge < -0.3 is 10.4 Å². The summed E-state index contributed by atoms with van der Waals surface area (Å²) in [5.74, 6) is -1.39. The Bertz CT molecular complexity index is 431. The molecule has 0 unspecified atom stereocenters. The number of carbonyl (C=O) groups excluding carboxylic acids is 1. The predicted octanol–water partition coefficient (Wildman–Crippen LogP) is 2.56. The van der Waals surface area contributed by atoms with Crippen LogP contribution in [-0.4, -0.2) is 23.0 Å². The number of hydrogen-bond acceptors (Lipinski definition) is 3. The molecule has 0 saturated heterocycles. The van der Waals surface area contributed by atoms with Crippen LogP contribution in [0.15, 0.2) is 12.1 Å². The summed E-state index contributed by atoms with van der Waals surface area (Å²) >= 11 is 7.21. The Hall–Kier alpha value is -1.07. The minimum Gasteiger partial charge on any atom is -0.480 e. The van der Waals surface area contributed by atoms with Gasteiger partial charge in [-0.15, -0.1) is 11.3 Å². The van der Waals surface area contributed by atoms with E-state index in [1.54, 1.807) is 19.9 Å². The van der Waals surface area contributed by atoms with Gasteiger partial charge in [-0.25, -0.2) is 4.79 Å². The van der Waals surface area contributed by atoms with Gasteiger partial charge in [0.05, 0.1) is 4.34 Å². The Morgan fingerprint density at radius 3 is 2.56 bits per heavy atom. The summed E-state index contributed by atoms with van der Waals surface area (Å²) in [5.41, 5.74) is 0. The van der Waals surface area contributed by atoms with Crippen molar-refractivity contribution in [3.63, 3.8) is 0 Å². The maximum Gasteiger partial charge on any atom is 0.326 e. The fourth-order valence-corrected chi connectivity index (χ4v) is 2.57. The highest BCUT2D eigenvalue weighted by atomic mass is 35.5. The molecule has 1 amide bonds. The van der Waals surface area contributed by atoms with Crippen LogP contribution in [0, 0.1) is 5.92 Å².